The minimum absolute atomic E-state index is 0.340. The lowest BCUT2D eigenvalue weighted by Crippen LogP contribution is -1.82. The molecule has 1 N–H and O–H groups in total. The molecule has 0 heterocycles. The molecule has 1 nitrogen and oxygen atoms in total. The standard InChI is InChI=1S/C20H40O/c1-2-3-4-5-6-7-8-9-10-11-12-13-14-15-16-17-18-19-20-21/h15-16,21H,2-14,17-20H2,1H3. The molecule has 0 aliphatic rings. The van der Waals surface area contributed by atoms with Gasteiger partial charge in [-0.05, 0) is 32.1 Å². The van der Waals surface area contributed by atoms with Crippen molar-refractivity contribution < 1.29 is 5.11 Å². The third-order valence-corrected chi connectivity index (χ3v) is 4.17. The summed E-state index contributed by atoms with van der Waals surface area (Å²) in [6.45, 7) is 2.62. The van der Waals surface area contributed by atoms with E-state index in [1.807, 2.05) is 0 Å². The molecule has 1 heteroatoms. The van der Waals surface area contributed by atoms with Crippen molar-refractivity contribution in [3.8, 4) is 0 Å². The zero-order valence-corrected chi connectivity index (χ0v) is 14.6. The van der Waals surface area contributed by atoms with E-state index in [0.29, 0.717) is 6.61 Å². The summed E-state index contributed by atoms with van der Waals surface area (Å²) in [5.74, 6) is 0. The van der Waals surface area contributed by atoms with Gasteiger partial charge in [-0.15, -0.1) is 0 Å². The molecule has 0 rings (SSSR count). The van der Waals surface area contributed by atoms with E-state index >= 15 is 0 Å². The van der Waals surface area contributed by atoms with Crippen LogP contribution in [-0.4, -0.2) is 11.7 Å². The second-order valence-corrected chi connectivity index (χ2v) is 6.37. The van der Waals surface area contributed by atoms with Crippen LogP contribution in [0.25, 0.3) is 0 Å². The van der Waals surface area contributed by atoms with Crippen LogP contribution >= 0.6 is 0 Å². The van der Waals surface area contributed by atoms with E-state index in [9.17, 15) is 0 Å². The van der Waals surface area contributed by atoms with Gasteiger partial charge in [0.25, 0.3) is 0 Å². The molecular weight excluding hydrogens is 256 g/mol. The van der Waals surface area contributed by atoms with Gasteiger partial charge in [-0.1, -0.05) is 89.7 Å². The van der Waals surface area contributed by atoms with Crippen molar-refractivity contribution in [3.05, 3.63) is 12.2 Å². The average molecular weight is 297 g/mol. The van der Waals surface area contributed by atoms with Gasteiger partial charge in [0.05, 0.1) is 0 Å². The lowest BCUT2D eigenvalue weighted by Gasteiger charge is -2.02. The Morgan fingerprint density at radius 3 is 1.33 bits per heavy atom. The van der Waals surface area contributed by atoms with Crippen LogP contribution in [0.4, 0.5) is 0 Å². The van der Waals surface area contributed by atoms with Gasteiger partial charge in [-0.25, -0.2) is 0 Å². The molecule has 0 bridgehead atoms. The third-order valence-electron chi connectivity index (χ3n) is 4.17. The van der Waals surface area contributed by atoms with E-state index in [-0.39, 0.29) is 0 Å². The van der Waals surface area contributed by atoms with Crippen LogP contribution in [0.15, 0.2) is 12.2 Å². The van der Waals surface area contributed by atoms with Gasteiger partial charge in [0, 0.05) is 6.61 Å². The molecule has 0 aliphatic heterocycles. The molecule has 0 unspecified atom stereocenters. The summed E-state index contributed by atoms with van der Waals surface area (Å²) in [5, 5.41) is 8.67. The molecule has 0 saturated carbocycles. The zero-order valence-electron chi connectivity index (χ0n) is 14.6. The molecule has 126 valence electrons. The molecular formula is C20H40O. The van der Waals surface area contributed by atoms with Gasteiger partial charge < -0.3 is 5.11 Å². The predicted octanol–water partition coefficient (Wildman–Crippen LogP) is 6.80. The number of aliphatic hydroxyl groups is 1. The van der Waals surface area contributed by atoms with E-state index in [4.69, 9.17) is 5.11 Å². The first-order chi connectivity index (χ1) is 10.4. The fourth-order valence-electron chi connectivity index (χ4n) is 2.71. The molecule has 0 fully saturated rings. The number of aliphatic hydroxyl groups excluding tert-OH is 1. The maximum absolute atomic E-state index is 8.67. The van der Waals surface area contributed by atoms with E-state index in [0.717, 1.165) is 19.3 Å². The van der Waals surface area contributed by atoms with Gasteiger partial charge in [0.1, 0.15) is 0 Å². The Labute approximate surface area is 134 Å². The SMILES string of the molecule is CCCCCCCCCCCCCCC=CCCCCO. The van der Waals surface area contributed by atoms with Crippen LogP contribution in [-0.2, 0) is 0 Å². The van der Waals surface area contributed by atoms with Crippen LogP contribution in [0, 0.1) is 0 Å². The average Bonchev–Trinajstić information content (AvgIpc) is 2.50. The van der Waals surface area contributed by atoms with Crippen LogP contribution in [0.2, 0.25) is 0 Å². The molecule has 0 aromatic rings. The summed E-state index contributed by atoms with van der Waals surface area (Å²) in [4.78, 5) is 0. The fraction of sp³-hybridized carbons (Fsp3) is 0.900. The van der Waals surface area contributed by atoms with Crippen molar-refractivity contribution in [3.63, 3.8) is 0 Å². The van der Waals surface area contributed by atoms with Gasteiger partial charge in [-0.2, -0.15) is 0 Å². The third kappa shape index (κ3) is 19.7. The number of unbranched alkanes of at least 4 members (excludes halogenated alkanes) is 14. The van der Waals surface area contributed by atoms with E-state index in [2.05, 4.69) is 19.1 Å². The summed E-state index contributed by atoms with van der Waals surface area (Å²) < 4.78 is 0. The van der Waals surface area contributed by atoms with Crippen molar-refractivity contribution >= 4 is 0 Å². The van der Waals surface area contributed by atoms with Crippen molar-refractivity contribution in [1.29, 1.82) is 0 Å². The van der Waals surface area contributed by atoms with E-state index < -0.39 is 0 Å². The van der Waals surface area contributed by atoms with Crippen LogP contribution in [0.5, 0.6) is 0 Å². The number of rotatable bonds is 17. The molecule has 0 spiro atoms. The predicted molar refractivity (Wildman–Crippen MR) is 95.8 cm³/mol. The van der Waals surface area contributed by atoms with Crippen LogP contribution in [0.3, 0.4) is 0 Å². The summed E-state index contributed by atoms with van der Waals surface area (Å²) in [6.07, 6.45) is 26.2. The Bertz CT molecular complexity index is 198. The second-order valence-electron chi connectivity index (χ2n) is 6.37. The monoisotopic (exact) mass is 296 g/mol. The molecule has 0 radical (unpaired) electrons. The molecule has 21 heavy (non-hydrogen) atoms. The first-order valence-electron chi connectivity index (χ1n) is 9.67. The molecule has 0 saturated heterocycles. The Kier molecular flexibility index (Phi) is 19.4. The van der Waals surface area contributed by atoms with Crippen LogP contribution in [0.1, 0.15) is 110 Å². The summed E-state index contributed by atoms with van der Waals surface area (Å²) in [6, 6.07) is 0. The van der Waals surface area contributed by atoms with E-state index in [1.165, 1.54) is 83.5 Å². The van der Waals surface area contributed by atoms with Crippen molar-refractivity contribution in [2.24, 2.45) is 0 Å². The smallest absolute Gasteiger partial charge is 0.0431 e. The first kappa shape index (κ1) is 20.7. The van der Waals surface area contributed by atoms with Crippen molar-refractivity contribution in [1.82, 2.24) is 0 Å². The van der Waals surface area contributed by atoms with Gasteiger partial charge in [-0.3, -0.25) is 0 Å². The minimum atomic E-state index is 0.340. The maximum Gasteiger partial charge on any atom is 0.0431 e. The highest BCUT2D eigenvalue weighted by Crippen LogP contribution is 2.12. The summed E-state index contributed by atoms with van der Waals surface area (Å²) in [7, 11) is 0. The Morgan fingerprint density at radius 1 is 0.524 bits per heavy atom. The molecule has 0 amide bonds. The normalized spacial score (nSPS) is 11.5. The molecule has 0 atom stereocenters. The zero-order chi connectivity index (χ0) is 15.4. The lowest BCUT2D eigenvalue weighted by molar-refractivity contribution is 0.285. The quantitative estimate of drug-likeness (QED) is 0.231. The highest BCUT2D eigenvalue weighted by Gasteiger charge is 1.93. The fourth-order valence-corrected chi connectivity index (χ4v) is 2.71. The largest absolute Gasteiger partial charge is 0.396 e. The minimum Gasteiger partial charge on any atom is -0.396 e. The number of hydrogen-bond acceptors (Lipinski definition) is 1. The van der Waals surface area contributed by atoms with Crippen molar-refractivity contribution in [2.45, 2.75) is 110 Å². The maximum atomic E-state index is 8.67. The van der Waals surface area contributed by atoms with Crippen LogP contribution < -0.4 is 0 Å². The topological polar surface area (TPSA) is 20.2 Å². The van der Waals surface area contributed by atoms with Gasteiger partial charge >= 0.3 is 0 Å². The highest BCUT2D eigenvalue weighted by molar-refractivity contribution is 4.81. The number of hydrogen-bond donors (Lipinski definition) is 1. The van der Waals surface area contributed by atoms with E-state index in [1.54, 1.807) is 0 Å². The molecule has 0 aromatic carbocycles. The Hall–Kier alpha value is -0.300. The second kappa shape index (κ2) is 19.7. The van der Waals surface area contributed by atoms with Gasteiger partial charge in [0.15, 0.2) is 0 Å². The Balaban J connectivity index is 2.99. The summed E-state index contributed by atoms with van der Waals surface area (Å²) in [5.41, 5.74) is 0. The van der Waals surface area contributed by atoms with Gasteiger partial charge in [0.2, 0.25) is 0 Å². The first-order valence-corrected chi connectivity index (χ1v) is 9.67. The molecule has 0 aliphatic carbocycles. The van der Waals surface area contributed by atoms with Crippen molar-refractivity contribution in [2.75, 3.05) is 6.61 Å². The molecule has 0 aromatic heterocycles. The lowest BCUT2D eigenvalue weighted by atomic mass is 10.0. The highest BCUT2D eigenvalue weighted by atomic mass is 16.2. The Morgan fingerprint density at radius 2 is 0.905 bits per heavy atom. The number of allylic oxidation sites excluding steroid dienone is 2. The summed E-state index contributed by atoms with van der Waals surface area (Å²) >= 11 is 0.